The van der Waals surface area contributed by atoms with Crippen molar-refractivity contribution in [1.82, 2.24) is 4.90 Å². The maximum absolute atomic E-state index is 5.67. The van der Waals surface area contributed by atoms with Crippen LogP contribution in [0.5, 0.6) is 0 Å². The van der Waals surface area contributed by atoms with Crippen LogP contribution in [0.1, 0.15) is 30.0 Å². The molecule has 0 bridgehead atoms. The molecule has 0 heterocycles. The van der Waals surface area contributed by atoms with Crippen LogP contribution in [-0.2, 0) is 19.5 Å². The number of nitrogens with two attached hydrogens (primary N) is 1. The molecule has 0 aromatic heterocycles. The molecule has 21 heavy (non-hydrogen) atoms. The Labute approximate surface area is 128 Å². The van der Waals surface area contributed by atoms with Crippen LogP contribution in [0.25, 0.3) is 0 Å². The highest BCUT2D eigenvalue weighted by atomic mass is 15.1. The molecular formula is C19H26N2. The first kappa shape index (κ1) is 15.7. The first-order valence-corrected chi connectivity index (χ1v) is 7.86. The quantitative estimate of drug-likeness (QED) is 0.801. The van der Waals surface area contributed by atoms with Crippen LogP contribution in [-0.4, -0.2) is 18.0 Å². The third-order valence-corrected chi connectivity index (χ3v) is 3.76. The normalized spacial score (nSPS) is 11.0. The van der Waals surface area contributed by atoms with E-state index < -0.39 is 0 Å². The SMILES string of the molecule is CCc1ccc(CN(CCCN)Cc2ccccc2)cc1. The largest absolute Gasteiger partial charge is 0.330 e. The molecule has 0 aliphatic carbocycles. The standard InChI is InChI=1S/C19H26N2/c1-2-17-9-11-19(12-10-17)16-21(14-6-13-20)15-18-7-4-3-5-8-18/h3-5,7-12H,2,6,13-16,20H2,1H3. The lowest BCUT2D eigenvalue weighted by molar-refractivity contribution is 0.255. The lowest BCUT2D eigenvalue weighted by atomic mass is 10.1. The lowest BCUT2D eigenvalue weighted by Gasteiger charge is -2.22. The number of nitrogens with zero attached hydrogens (tertiary/aromatic N) is 1. The molecule has 0 amide bonds. The molecule has 0 radical (unpaired) electrons. The molecule has 0 aliphatic heterocycles. The smallest absolute Gasteiger partial charge is 0.0237 e. The van der Waals surface area contributed by atoms with Gasteiger partial charge in [0, 0.05) is 19.6 Å². The van der Waals surface area contributed by atoms with Crippen LogP contribution in [0.4, 0.5) is 0 Å². The number of rotatable bonds is 8. The molecule has 2 rings (SSSR count). The summed E-state index contributed by atoms with van der Waals surface area (Å²) in [6.45, 7) is 5.95. The highest BCUT2D eigenvalue weighted by Gasteiger charge is 2.06. The lowest BCUT2D eigenvalue weighted by Crippen LogP contribution is -2.25. The fourth-order valence-electron chi connectivity index (χ4n) is 2.51. The van der Waals surface area contributed by atoms with Gasteiger partial charge in [-0.1, -0.05) is 61.5 Å². The Morgan fingerprint density at radius 1 is 0.810 bits per heavy atom. The van der Waals surface area contributed by atoms with Gasteiger partial charge in [0.15, 0.2) is 0 Å². The summed E-state index contributed by atoms with van der Waals surface area (Å²) in [5, 5.41) is 0. The summed E-state index contributed by atoms with van der Waals surface area (Å²) in [5.41, 5.74) is 9.81. The molecule has 0 saturated carbocycles. The number of benzene rings is 2. The van der Waals surface area contributed by atoms with Gasteiger partial charge in [0.25, 0.3) is 0 Å². The number of hydrogen-bond acceptors (Lipinski definition) is 2. The summed E-state index contributed by atoms with van der Waals surface area (Å²) in [5.74, 6) is 0. The highest BCUT2D eigenvalue weighted by molar-refractivity contribution is 5.22. The number of hydrogen-bond donors (Lipinski definition) is 1. The second-order valence-electron chi connectivity index (χ2n) is 5.51. The fourth-order valence-corrected chi connectivity index (χ4v) is 2.51. The van der Waals surface area contributed by atoms with E-state index in [9.17, 15) is 0 Å². The van der Waals surface area contributed by atoms with Crippen molar-refractivity contribution < 1.29 is 0 Å². The Hall–Kier alpha value is -1.64. The zero-order valence-electron chi connectivity index (χ0n) is 13.0. The van der Waals surface area contributed by atoms with E-state index in [1.807, 2.05) is 0 Å². The second kappa shape index (κ2) is 8.60. The number of aryl methyl sites for hydroxylation is 1. The summed E-state index contributed by atoms with van der Waals surface area (Å²) >= 11 is 0. The average molecular weight is 282 g/mol. The van der Waals surface area contributed by atoms with Gasteiger partial charge in [-0.3, -0.25) is 4.90 Å². The predicted octanol–water partition coefficient (Wildman–Crippen LogP) is 3.60. The summed E-state index contributed by atoms with van der Waals surface area (Å²) < 4.78 is 0. The molecule has 0 aliphatic rings. The van der Waals surface area contributed by atoms with Gasteiger partial charge in [-0.05, 0) is 36.1 Å². The molecule has 2 nitrogen and oxygen atoms in total. The summed E-state index contributed by atoms with van der Waals surface area (Å²) in [7, 11) is 0. The van der Waals surface area contributed by atoms with E-state index in [4.69, 9.17) is 5.73 Å². The summed E-state index contributed by atoms with van der Waals surface area (Å²) in [6, 6.07) is 19.6. The van der Waals surface area contributed by atoms with Gasteiger partial charge in [0.05, 0.1) is 0 Å². The van der Waals surface area contributed by atoms with E-state index in [0.717, 1.165) is 39.0 Å². The Morgan fingerprint density at radius 3 is 1.95 bits per heavy atom. The predicted molar refractivity (Wildman–Crippen MR) is 90.0 cm³/mol. The molecule has 2 aromatic carbocycles. The Kier molecular flexibility index (Phi) is 6.45. The summed E-state index contributed by atoms with van der Waals surface area (Å²) in [6.07, 6.45) is 2.14. The monoisotopic (exact) mass is 282 g/mol. The van der Waals surface area contributed by atoms with Crippen molar-refractivity contribution in [2.45, 2.75) is 32.9 Å². The molecule has 0 spiro atoms. The van der Waals surface area contributed by atoms with Gasteiger partial charge in [-0.15, -0.1) is 0 Å². The van der Waals surface area contributed by atoms with Crippen molar-refractivity contribution >= 4 is 0 Å². The molecule has 0 atom stereocenters. The van der Waals surface area contributed by atoms with Crippen molar-refractivity contribution in [3.63, 3.8) is 0 Å². The van der Waals surface area contributed by atoms with Crippen LogP contribution in [0.3, 0.4) is 0 Å². The van der Waals surface area contributed by atoms with Crippen molar-refractivity contribution in [3.8, 4) is 0 Å². The minimum absolute atomic E-state index is 0.750. The van der Waals surface area contributed by atoms with Gasteiger partial charge in [0.1, 0.15) is 0 Å². The zero-order chi connectivity index (χ0) is 14.9. The zero-order valence-corrected chi connectivity index (χ0v) is 13.0. The maximum atomic E-state index is 5.67. The van der Waals surface area contributed by atoms with Crippen molar-refractivity contribution in [2.75, 3.05) is 13.1 Å². The molecule has 0 fully saturated rings. The first-order valence-electron chi connectivity index (χ1n) is 7.86. The fraction of sp³-hybridized carbons (Fsp3) is 0.368. The average Bonchev–Trinajstić information content (AvgIpc) is 2.54. The molecule has 112 valence electrons. The van der Waals surface area contributed by atoms with Gasteiger partial charge >= 0.3 is 0 Å². The van der Waals surface area contributed by atoms with Crippen LogP contribution in [0.2, 0.25) is 0 Å². The van der Waals surface area contributed by atoms with E-state index >= 15 is 0 Å². The maximum Gasteiger partial charge on any atom is 0.0237 e. The topological polar surface area (TPSA) is 29.3 Å². The minimum atomic E-state index is 0.750. The third kappa shape index (κ3) is 5.33. The van der Waals surface area contributed by atoms with Crippen molar-refractivity contribution in [1.29, 1.82) is 0 Å². The van der Waals surface area contributed by atoms with E-state index in [1.165, 1.54) is 16.7 Å². The van der Waals surface area contributed by atoms with E-state index in [2.05, 4.69) is 66.4 Å². The van der Waals surface area contributed by atoms with Crippen molar-refractivity contribution in [3.05, 3.63) is 71.3 Å². The molecular weight excluding hydrogens is 256 g/mol. The van der Waals surface area contributed by atoms with E-state index in [1.54, 1.807) is 0 Å². The van der Waals surface area contributed by atoms with Crippen LogP contribution in [0.15, 0.2) is 54.6 Å². The van der Waals surface area contributed by atoms with Crippen molar-refractivity contribution in [2.24, 2.45) is 5.73 Å². The highest BCUT2D eigenvalue weighted by Crippen LogP contribution is 2.12. The molecule has 0 unspecified atom stereocenters. The molecule has 2 heteroatoms. The molecule has 2 aromatic rings. The first-order chi connectivity index (χ1) is 10.3. The van der Waals surface area contributed by atoms with Gasteiger partial charge < -0.3 is 5.73 Å². The summed E-state index contributed by atoms with van der Waals surface area (Å²) in [4.78, 5) is 2.48. The van der Waals surface area contributed by atoms with Crippen LogP contribution < -0.4 is 5.73 Å². The van der Waals surface area contributed by atoms with Gasteiger partial charge in [-0.2, -0.15) is 0 Å². The van der Waals surface area contributed by atoms with Crippen LogP contribution in [0, 0.1) is 0 Å². The van der Waals surface area contributed by atoms with Gasteiger partial charge in [-0.25, -0.2) is 0 Å². The van der Waals surface area contributed by atoms with Gasteiger partial charge in [0.2, 0.25) is 0 Å². The van der Waals surface area contributed by atoms with Crippen LogP contribution >= 0.6 is 0 Å². The second-order valence-corrected chi connectivity index (χ2v) is 5.51. The minimum Gasteiger partial charge on any atom is -0.330 e. The Morgan fingerprint density at radius 2 is 1.38 bits per heavy atom. The van der Waals surface area contributed by atoms with E-state index in [-0.39, 0.29) is 0 Å². The molecule has 2 N–H and O–H groups in total. The Balaban J connectivity index is 2.00. The third-order valence-electron chi connectivity index (χ3n) is 3.76. The molecule has 0 saturated heterocycles. The van der Waals surface area contributed by atoms with E-state index in [0.29, 0.717) is 0 Å². The Bertz CT molecular complexity index is 505.